The first-order valence-corrected chi connectivity index (χ1v) is 7.54. The Kier molecular flexibility index (Phi) is 6.11. The molecule has 0 fully saturated rings. The topological polar surface area (TPSA) is 73.9 Å². The molecular weight excluding hydrogens is 348 g/mol. The highest BCUT2D eigenvalue weighted by Gasteiger charge is 2.21. The Morgan fingerprint density at radius 2 is 1.69 bits per heavy atom. The minimum Gasteiger partial charge on any atom is -0.493 e. The van der Waals surface area contributed by atoms with Crippen molar-refractivity contribution in [1.29, 1.82) is 0 Å². The largest absolute Gasteiger partial charge is 0.493 e. The molecule has 2 aromatic carbocycles. The number of nitrogens with one attached hydrogen (secondary N) is 1. The van der Waals surface area contributed by atoms with E-state index < -0.39 is 29.6 Å². The summed E-state index contributed by atoms with van der Waals surface area (Å²) in [5, 5.41) is 2.17. The van der Waals surface area contributed by atoms with Crippen LogP contribution >= 0.6 is 0 Å². The van der Waals surface area contributed by atoms with E-state index in [-0.39, 0.29) is 11.3 Å². The molecule has 1 atom stereocenters. The van der Waals surface area contributed by atoms with Gasteiger partial charge in [0.15, 0.2) is 17.6 Å². The highest BCUT2D eigenvalue weighted by molar-refractivity contribution is 5.97. The number of esters is 1. The Morgan fingerprint density at radius 3 is 2.35 bits per heavy atom. The maximum atomic E-state index is 13.6. The molecule has 1 amide bonds. The number of benzene rings is 2. The van der Waals surface area contributed by atoms with E-state index >= 15 is 0 Å². The van der Waals surface area contributed by atoms with Gasteiger partial charge in [0.1, 0.15) is 11.6 Å². The van der Waals surface area contributed by atoms with Crippen LogP contribution in [0.5, 0.6) is 11.5 Å². The van der Waals surface area contributed by atoms with E-state index in [2.05, 4.69) is 5.32 Å². The van der Waals surface area contributed by atoms with Crippen LogP contribution in [0.3, 0.4) is 0 Å². The third-order valence-electron chi connectivity index (χ3n) is 3.46. The molecule has 1 N–H and O–H groups in total. The molecule has 6 nitrogen and oxygen atoms in total. The summed E-state index contributed by atoms with van der Waals surface area (Å²) in [4.78, 5) is 24.2. The second-order valence-electron chi connectivity index (χ2n) is 5.23. The summed E-state index contributed by atoms with van der Waals surface area (Å²) in [5.41, 5.74) is -0.205. The smallest absolute Gasteiger partial charge is 0.339 e. The van der Waals surface area contributed by atoms with Crippen LogP contribution in [-0.4, -0.2) is 32.2 Å². The fraction of sp³-hybridized carbons (Fsp3) is 0.222. The first-order valence-electron chi connectivity index (χ1n) is 7.54. The fourth-order valence-electron chi connectivity index (χ4n) is 2.07. The minimum atomic E-state index is -1.24. The number of carbonyl (C=O) groups is 2. The fourth-order valence-corrected chi connectivity index (χ4v) is 2.07. The monoisotopic (exact) mass is 365 g/mol. The van der Waals surface area contributed by atoms with Crippen molar-refractivity contribution in [1.82, 2.24) is 0 Å². The van der Waals surface area contributed by atoms with Gasteiger partial charge in [0.25, 0.3) is 5.91 Å². The number of anilines is 1. The van der Waals surface area contributed by atoms with Gasteiger partial charge < -0.3 is 19.5 Å². The number of methoxy groups -OCH3 is 2. The van der Waals surface area contributed by atoms with E-state index in [0.29, 0.717) is 11.5 Å². The zero-order chi connectivity index (χ0) is 19.3. The molecule has 0 aliphatic rings. The van der Waals surface area contributed by atoms with Crippen LogP contribution < -0.4 is 14.8 Å². The third kappa shape index (κ3) is 4.47. The summed E-state index contributed by atoms with van der Waals surface area (Å²) in [7, 11) is 2.87. The first kappa shape index (κ1) is 19.2. The predicted molar refractivity (Wildman–Crippen MR) is 89.4 cm³/mol. The van der Waals surface area contributed by atoms with E-state index in [0.717, 1.165) is 18.2 Å². The maximum absolute atomic E-state index is 13.6. The van der Waals surface area contributed by atoms with Gasteiger partial charge in [-0.15, -0.1) is 0 Å². The molecule has 1 unspecified atom stereocenters. The van der Waals surface area contributed by atoms with Gasteiger partial charge in [-0.25, -0.2) is 13.6 Å². The van der Waals surface area contributed by atoms with Crippen LogP contribution in [0.1, 0.15) is 17.3 Å². The van der Waals surface area contributed by atoms with Crippen molar-refractivity contribution < 1.29 is 32.6 Å². The standard InChI is InChI=1S/C18H17F2NO5/c1-10(17(22)21-14-9-12(19)5-6-13(14)20)26-18(23)11-4-7-15(24-2)16(8-11)25-3/h4-10H,1-3H3,(H,21,22). The van der Waals surface area contributed by atoms with Gasteiger partial charge in [0.2, 0.25) is 0 Å². The zero-order valence-corrected chi connectivity index (χ0v) is 14.3. The molecule has 0 bridgehead atoms. The Bertz CT molecular complexity index is 825. The van der Waals surface area contributed by atoms with Crippen LogP contribution in [0.15, 0.2) is 36.4 Å². The number of amides is 1. The van der Waals surface area contributed by atoms with E-state index in [9.17, 15) is 18.4 Å². The van der Waals surface area contributed by atoms with Crippen molar-refractivity contribution in [3.63, 3.8) is 0 Å². The number of halogens is 2. The second-order valence-corrected chi connectivity index (χ2v) is 5.23. The Hall–Kier alpha value is -3.16. The van der Waals surface area contributed by atoms with Crippen LogP contribution in [0, 0.1) is 11.6 Å². The Balaban J connectivity index is 2.06. The summed E-state index contributed by atoms with van der Waals surface area (Å²) in [6.07, 6.45) is -1.24. The second kappa shape index (κ2) is 8.28. The SMILES string of the molecule is COc1ccc(C(=O)OC(C)C(=O)Nc2cc(F)ccc2F)cc1OC. The lowest BCUT2D eigenvalue weighted by atomic mass is 10.2. The number of hydrogen-bond donors (Lipinski definition) is 1. The molecule has 0 aromatic heterocycles. The highest BCUT2D eigenvalue weighted by atomic mass is 19.1. The number of ether oxygens (including phenoxy) is 3. The molecule has 0 saturated carbocycles. The summed E-state index contributed by atoms with van der Waals surface area (Å²) in [6, 6.07) is 6.99. The zero-order valence-electron chi connectivity index (χ0n) is 14.3. The van der Waals surface area contributed by atoms with Gasteiger partial charge in [0.05, 0.1) is 25.5 Å². The summed E-state index contributed by atoms with van der Waals surface area (Å²) >= 11 is 0. The van der Waals surface area contributed by atoms with Crippen molar-refractivity contribution in [2.45, 2.75) is 13.0 Å². The molecular formula is C18H17F2NO5. The van der Waals surface area contributed by atoms with Crippen molar-refractivity contribution in [3.8, 4) is 11.5 Å². The van der Waals surface area contributed by atoms with Crippen molar-refractivity contribution in [3.05, 3.63) is 53.6 Å². The molecule has 0 radical (unpaired) electrons. The average molecular weight is 365 g/mol. The lowest BCUT2D eigenvalue weighted by molar-refractivity contribution is -0.123. The van der Waals surface area contributed by atoms with Crippen molar-refractivity contribution >= 4 is 17.6 Å². The lowest BCUT2D eigenvalue weighted by Gasteiger charge is -2.15. The molecule has 0 heterocycles. The molecule has 2 rings (SSSR count). The van der Waals surface area contributed by atoms with Crippen LogP contribution in [0.4, 0.5) is 14.5 Å². The Morgan fingerprint density at radius 1 is 1.00 bits per heavy atom. The number of carbonyl (C=O) groups excluding carboxylic acids is 2. The summed E-state index contributed by atoms with van der Waals surface area (Å²) in [6.45, 7) is 1.31. The van der Waals surface area contributed by atoms with Gasteiger partial charge in [0, 0.05) is 6.07 Å². The molecule has 0 aliphatic heterocycles. The molecule has 0 aliphatic carbocycles. The Labute approximate surface area is 148 Å². The molecule has 0 saturated heterocycles. The minimum absolute atomic E-state index is 0.138. The van der Waals surface area contributed by atoms with Crippen LogP contribution in [-0.2, 0) is 9.53 Å². The third-order valence-corrected chi connectivity index (χ3v) is 3.46. The molecule has 2 aromatic rings. The van der Waals surface area contributed by atoms with Crippen molar-refractivity contribution in [2.24, 2.45) is 0 Å². The molecule has 26 heavy (non-hydrogen) atoms. The quantitative estimate of drug-likeness (QED) is 0.796. The lowest BCUT2D eigenvalue weighted by Crippen LogP contribution is -2.30. The molecule has 0 spiro atoms. The van der Waals surface area contributed by atoms with E-state index in [4.69, 9.17) is 14.2 Å². The van der Waals surface area contributed by atoms with Gasteiger partial charge in [-0.3, -0.25) is 4.79 Å². The van der Waals surface area contributed by atoms with Crippen molar-refractivity contribution in [2.75, 3.05) is 19.5 Å². The van der Waals surface area contributed by atoms with Gasteiger partial charge in [-0.2, -0.15) is 0 Å². The maximum Gasteiger partial charge on any atom is 0.339 e. The van der Waals surface area contributed by atoms with Gasteiger partial charge in [-0.1, -0.05) is 0 Å². The number of hydrogen-bond acceptors (Lipinski definition) is 5. The van der Waals surface area contributed by atoms with E-state index in [1.54, 1.807) is 0 Å². The predicted octanol–water partition coefficient (Wildman–Crippen LogP) is 3.17. The number of rotatable bonds is 6. The van der Waals surface area contributed by atoms with E-state index in [1.807, 2.05) is 0 Å². The van der Waals surface area contributed by atoms with Crippen LogP contribution in [0.2, 0.25) is 0 Å². The van der Waals surface area contributed by atoms with Crippen LogP contribution in [0.25, 0.3) is 0 Å². The summed E-state index contributed by atoms with van der Waals surface area (Å²) in [5.74, 6) is -2.36. The molecule has 138 valence electrons. The van der Waals surface area contributed by atoms with Gasteiger partial charge in [-0.05, 0) is 37.3 Å². The van der Waals surface area contributed by atoms with Gasteiger partial charge >= 0.3 is 5.97 Å². The van der Waals surface area contributed by atoms with E-state index in [1.165, 1.54) is 39.3 Å². The molecule has 8 heteroatoms. The summed E-state index contributed by atoms with van der Waals surface area (Å²) < 4.78 is 41.9. The first-order chi connectivity index (χ1) is 12.3. The normalized spacial score (nSPS) is 11.4. The average Bonchev–Trinajstić information content (AvgIpc) is 2.63. The highest BCUT2D eigenvalue weighted by Crippen LogP contribution is 2.28.